The number of rotatable bonds is 4. The smallest absolute Gasteiger partial charge is 0.429 e. The number of hydrogen-bond acceptors (Lipinski definition) is 5. The largest absolute Gasteiger partial charge is 0.507 e. The monoisotopic (exact) mass is 402 g/mol. The van der Waals surface area contributed by atoms with E-state index in [0.29, 0.717) is 20.7 Å². The van der Waals surface area contributed by atoms with Crippen molar-refractivity contribution in [3.8, 4) is 22.1 Å². The number of fused-ring (bicyclic) bond motifs is 1. The lowest BCUT2D eigenvalue weighted by Crippen LogP contribution is -2.26. The zero-order chi connectivity index (χ0) is 19.7. The van der Waals surface area contributed by atoms with Crippen molar-refractivity contribution in [1.82, 2.24) is 9.97 Å². The minimum absolute atomic E-state index is 0.0158. The van der Waals surface area contributed by atoms with Gasteiger partial charge in [0.25, 0.3) is 0 Å². The van der Waals surface area contributed by atoms with Crippen molar-refractivity contribution in [3.05, 3.63) is 72.6 Å². The van der Waals surface area contributed by atoms with Crippen LogP contribution in [0.15, 0.2) is 67.0 Å². The van der Waals surface area contributed by atoms with Crippen molar-refractivity contribution >= 4 is 21.6 Å². The minimum Gasteiger partial charge on any atom is -0.507 e. The molecule has 0 aliphatic carbocycles. The molecule has 2 aromatic heterocycles. The Bertz CT molecular complexity index is 1110. The summed E-state index contributed by atoms with van der Waals surface area (Å²) in [5.74, 6) is -0.0870. The van der Waals surface area contributed by atoms with Crippen molar-refractivity contribution in [2.45, 2.75) is 12.3 Å². The molecule has 4 aromatic rings. The van der Waals surface area contributed by atoms with Crippen molar-refractivity contribution in [2.24, 2.45) is 0 Å². The number of halogens is 3. The molecular formula is C20H13F3N2O2S. The van der Waals surface area contributed by atoms with Crippen LogP contribution in [-0.4, -0.2) is 21.3 Å². The molecule has 28 heavy (non-hydrogen) atoms. The molecule has 0 spiro atoms. The van der Waals surface area contributed by atoms with Gasteiger partial charge in [-0.15, -0.1) is 11.3 Å². The van der Waals surface area contributed by atoms with E-state index < -0.39 is 12.3 Å². The lowest BCUT2D eigenvalue weighted by molar-refractivity contribution is -0.198. The summed E-state index contributed by atoms with van der Waals surface area (Å²) in [6, 6.07) is 15.7. The number of nitrogens with zero attached hydrogens (tertiary/aromatic N) is 2. The van der Waals surface area contributed by atoms with Crippen LogP contribution in [0.4, 0.5) is 13.2 Å². The van der Waals surface area contributed by atoms with Gasteiger partial charge < -0.3 is 9.84 Å². The van der Waals surface area contributed by atoms with Crippen molar-refractivity contribution in [1.29, 1.82) is 0 Å². The van der Waals surface area contributed by atoms with Gasteiger partial charge in [-0.1, -0.05) is 42.5 Å². The summed E-state index contributed by atoms with van der Waals surface area (Å²) < 4.78 is 46.2. The molecule has 0 radical (unpaired) electrons. The van der Waals surface area contributed by atoms with E-state index in [4.69, 9.17) is 4.74 Å². The summed E-state index contributed by atoms with van der Waals surface area (Å²) in [5, 5.41) is 10.4. The van der Waals surface area contributed by atoms with Crippen molar-refractivity contribution in [3.63, 3.8) is 0 Å². The van der Waals surface area contributed by atoms with Crippen LogP contribution in [0.5, 0.6) is 11.6 Å². The van der Waals surface area contributed by atoms with Gasteiger partial charge in [0, 0.05) is 16.0 Å². The Morgan fingerprint density at radius 2 is 1.68 bits per heavy atom. The molecule has 0 amide bonds. The van der Waals surface area contributed by atoms with E-state index in [1.165, 1.54) is 48.0 Å². The van der Waals surface area contributed by atoms with E-state index >= 15 is 0 Å². The zero-order valence-electron chi connectivity index (χ0n) is 14.2. The summed E-state index contributed by atoms with van der Waals surface area (Å²) in [4.78, 5) is 9.17. The Balaban J connectivity index is 1.77. The molecule has 0 bridgehead atoms. The third-order valence-electron chi connectivity index (χ3n) is 4.09. The van der Waals surface area contributed by atoms with Gasteiger partial charge in [0.2, 0.25) is 12.0 Å². The summed E-state index contributed by atoms with van der Waals surface area (Å²) in [6.45, 7) is 0. The highest BCUT2D eigenvalue weighted by Gasteiger charge is 2.43. The number of aromatic nitrogens is 2. The molecule has 4 nitrogen and oxygen atoms in total. The average Bonchev–Trinajstić information content (AvgIpc) is 3.11. The molecule has 2 aromatic carbocycles. The first kappa shape index (κ1) is 18.2. The average molecular weight is 402 g/mol. The number of para-hydroxylation sites is 1. The number of alkyl halides is 3. The van der Waals surface area contributed by atoms with Gasteiger partial charge in [0.1, 0.15) is 16.9 Å². The fourth-order valence-corrected chi connectivity index (χ4v) is 3.83. The highest BCUT2D eigenvalue weighted by atomic mass is 32.1. The van der Waals surface area contributed by atoms with Gasteiger partial charge in [-0.05, 0) is 18.2 Å². The normalized spacial score (nSPS) is 12.8. The maximum absolute atomic E-state index is 13.6. The Morgan fingerprint density at radius 1 is 0.964 bits per heavy atom. The van der Waals surface area contributed by atoms with E-state index in [0.717, 1.165) is 0 Å². The quantitative estimate of drug-likeness (QED) is 0.473. The number of phenolic OH excluding ortho intramolecular Hbond substituents is 1. The second-order valence-electron chi connectivity index (χ2n) is 5.98. The van der Waals surface area contributed by atoms with Crippen LogP contribution in [0.3, 0.4) is 0 Å². The van der Waals surface area contributed by atoms with Crippen molar-refractivity contribution in [2.75, 3.05) is 0 Å². The lowest BCUT2D eigenvalue weighted by Gasteiger charge is -2.21. The Hall–Kier alpha value is -3.13. The van der Waals surface area contributed by atoms with Gasteiger partial charge in [-0.3, -0.25) is 0 Å². The molecule has 1 N–H and O–H groups in total. The van der Waals surface area contributed by atoms with Crippen LogP contribution in [0.2, 0.25) is 0 Å². The number of thiophene rings is 1. The van der Waals surface area contributed by atoms with Crippen LogP contribution in [0.25, 0.3) is 20.7 Å². The number of hydrogen-bond donors (Lipinski definition) is 1. The number of aromatic hydroxyl groups is 1. The fraction of sp³-hybridized carbons (Fsp3) is 0.100. The number of phenols is 1. The van der Waals surface area contributed by atoms with Crippen LogP contribution in [-0.2, 0) is 0 Å². The fourth-order valence-electron chi connectivity index (χ4n) is 2.81. The molecule has 2 heterocycles. The molecule has 1 unspecified atom stereocenters. The maximum atomic E-state index is 13.6. The Morgan fingerprint density at radius 3 is 2.39 bits per heavy atom. The van der Waals surface area contributed by atoms with Crippen LogP contribution in [0.1, 0.15) is 11.7 Å². The molecule has 0 aliphatic heterocycles. The Labute approximate surface area is 161 Å². The SMILES string of the molecule is Oc1ccccc1-c1cc2c(OC(c3ccccc3)C(F)(F)F)ncnc2s1. The van der Waals surface area contributed by atoms with E-state index in [2.05, 4.69) is 9.97 Å². The maximum Gasteiger partial charge on any atom is 0.429 e. The molecule has 4 rings (SSSR count). The number of benzene rings is 2. The van der Waals surface area contributed by atoms with Crippen molar-refractivity contribution < 1.29 is 23.0 Å². The number of ether oxygens (including phenoxy) is 1. The van der Waals surface area contributed by atoms with E-state index in [9.17, 15) is 18.3 Å². The van der Waals surface area contributed by atoms with Gasteiger partial charge in [0.05, 0.1) is 5.39 Å². The second-order valence-corrected chi connectivity index (χ2v) is 7.01. The zero-order valence-corrected chi connectivity index (χ0v) is 15.0. The highest BCUT2D eigenvalue weighted by molar-refractivity contribution is 7.21. The summed E-state index contributed by atoms with van der Waals surface area (Å²) in [7, 11) is 0. The third-order valence-corrected chi connectivity index (χ3v) is 5.17. The van der Waals surface area contributed by atoms with Gasteiger partial charge in [-0.2, -0.15) is 13.2 Å². The molecule has 0 saturated carbocycles. The summed E-state index contributed by atoms with van der Waals surface area (Å²) in [5.41, 5.74) is 0.546. The van der Waals surface area contributed by atoms with Crippen LogP contribution in [0, 0.1) is 0 Å². The molecular weight excluding hydrogens is 389 g/mol. The first-order valence-corrected chi connectivity index (χ1v) is 9.06. The summed E-state index contributed by atoms with van der Waals surface area (Å²) >= 11 is 1.24. The molecule has 142 valence electrons. The van der Waals surface area contributed by atoms with Gasteiger partial charge >= 0.3 is 6.18 Å². The summed E-state index contributed by atoms with van der Waals surface area (Å²) in [6.07, 6.45) is -5.60. The van der Waals surface area contributed by atoms with E-state index in [1.54, 1.807) is 30.3 Å². The standard InChI is InChI=1S/C20H13F3N2O2S/c21-20(22,23)17(12-6-2-1-3-7-12)27-18-14-10-16(28-19(14)25-11-24-18)13-8-4-5-9-15(13)26/h1-11,17,26H. The third kappa shape index (κ3) is 3.50. The first-order valence-electron chi connectivity index (χ1n) is 8.24. The molecule has 1 atom stereocenters. The predicted octanol–water partition coefficient (Wildman–Crippen LogP) is 5.75. The van der Waals surface area contributed by atoms with Crippen LogP contribution >= 0.6 is 11.3 Å². The van der Waals surface area contributed by atoms with E-state index in [-0.39, 0.29) is 17.2 Å². The Kier molecular flexibility index (Phi) is 4.64. The van der Waals surface area contributed by atoms with Crippen LogP contribution < -0.4 is 4.74 Å². The molecule has 0 saturated heterocycles. The first-order chi connectivity index (χ1) is 13.4. The molecule has 8 heteroatoms. The molecule has 0 aliphatic rings. The second kappa shape index (κ2) is 7.12. The molecule has 0 fully saturated rings. The predicted molar refractivity (Wildman–Crippen MR) is 100 cm³/mol. The minimum atomic E-state index is -4.62. The van der Waals surface area contributed by atoms with Gasteiger partial charge in [0.15, 0.2) is 0 Å². The van der Waals surface area contributed by atoms with E-state index in [1.807, 2.05) is 0 Å². The highest BCUT2D eigenvalue weighted by Crippen LogP contribution is 2.42. The topological polar surface area (TPSA) is 55.2 Å². The lowest BCUT2D eigenvalue weighted by atomic mass is 10.1. The van der Waals surface area contributed by atoms with Gasteiger partial charge in [-0.25, -0.2) is 9.97 Å².